The van der Waals surface area contributed by atoms with Gasteiger partial charge in [0.25, 0.3) is 11.5 Å². The number of rotatable bonds is 7. The van der Waals surface area contributed by atoms with E-state index in [0.29, 0.717) is 5.56 Å². The van der Waals surface area contributed by atoms with Gasteiger partial charge >= 0.3 is 5.69 Å². The zero-order valence-corrected chi connectivity index (χ0v) is 16.2. The van der Waals surface area contributed by atoms with Crippen LogP contribution in [0.1, 0.15) is 30.6 Å². The fourth-order valence-electron chi connectivity index (χ4n) is 3.01. The van der Waals surface area contributed by atoms with E-state index in [4.69, 9.17) is 5.73 Å². The molecule has 0 bridgehead atoms. The van der Waals surface area contributed by atoms with Crippen LogP contribution in [0.3, 0.4) is 0 Å². The monoisotopic (exact) mass is 398 g/mol. The minimum Gasteiger partial charge on any atom is -0.368 e. The second kappa shape index (κ2) is 7.74. The first kappa shape index (κ1) is 20.1. The minimum atomic E-state index is -0.744. The highest BCUT2D eigenvalue weighted by atomic mass is 16.2. The predicted octanol–water partition coefficient (Wildman–Crippen LogP) is 0.0105. The van der Waals surface area contributed by atoms with Crippen LogP contribution in [0.25, 0.3) is 16.7 Å². The summed E-state index contributed by atoms with van der Waals surface area (Å²) in [5, 5.41) is 7.18. The molecule has 3 rings (SSSR count). The Morgan fingerprint density at radius 1 is 1.34 bits per heavy atom. The van der Waals surface area contributed by atoms with Gasteiger partial charge in [0.1, 0.15) is 6.54 Å². The summed E-state index contributed by atoms with van der Waals surface area (Å²) >= 11 is 0. The zero-order valence-electron chi connectivity index (χ0n) is 16.2. The van der Waals surface area contributed by atoms with Crippen molar-refractivity contribution in [2.24, 2.45) is 5.73 Å². The van der Waals surface area contributed by atoms with Gasteiger partial charge in [-0.1, -0.05) is 13.0 Å². The maximum atomic E-state index is 12.9. The number of allylic oxidation sites excluding steroid dienone is 1. The van der Waals surface area contributed by atoms with Crippen molar-refractivity contribution in [1.29, 1.82) is 0 Å². The Hall–Kier alpha value is -3.69. The van der Waals surface area contributed by atoms with Crippen molar-refractivity contribution >= 4 is 28.5 Å². The Morgan fingerprint density at radius 2 is 2.07 bits per heavy atom. The van der Waals surface area contributed by atoms with Crippen LogP contribution < -0.4 is 22.3 Å². The van der Waals surface area contributed by atoms with Gasteiger partial charge in [-0.2, -0.15) is 0 Å². The first-order valence-corrected chi connectivity index (χ1v) is 9.14. The third-order valence-electron chi connectivity index (χ3n) is 4.65. The molecule has 0 saturated heterocycles. The first-order chi connectivity index (χ1) is 13.8. The molecule has 0 fully saturated rings. The van der Waals surface area contributed by atoms with Gasteiger partial charge in [-0.25, -0.2) is 13.9 Å². The molecular weight excluding hydrogens is 376 g/mol. The van der Waals surface area contributed by atoms with E-state index >= 15 is 0 Å². The molecular formula is C19H22N6O4. The Kier molecular flexibility index (Phi) is 5.35. The maximum Gasteiger partial charge on any atom is 0.352 e. The molecule has 0 aliphatic rings. The summed E-state index contributed by atoms with van der Waals surface area (Å²) in [6, 6.07) is 4.47. The quantitative estimate of drug-likeness (QED) is 0.541. The van der Waals surface area contributed by atoms with Crippen LogP contribution in [-0.2, 0) is 17.9 Å². The molecule has 1 aromatic carbocycles. The van der Waals surface area contributed by atoms with Crippen LogP contribution in [0.2, 0.25) is 0 Å². The molecule has 2 heterocycles. The SMILES string of the molecule is C=CCn1c(=O)c2ccc(C(=O)N[C@H](C)CC)cc2n2c(=O)n(CC(N)=O)nc12. The number of amides is 2. The lowest BCUT2D eigenvalue weighted by molar-refractivity contribution is -0.118. The predicted molar refractivity (Wildman–Crippen MR) is 108 cm³/mol. The molecule has 0 spiro atoms. The van der Waals surface area contributed by atoms with Crippen molar-refractivity contribution in [2.75, 3.05) is 0 Å². The van der Waals surface area contributed by atoms with Crippen LogP contribution in [0.5, 0.6) is 0 Å². The highest BCUT2D eigenvalue weighted by Gasteiger charge is 2.19. The highest BCUT2D eigenvalue weighted by Crippen LogP contribution is 2.14. The molecule has 2 aromatic heterocycles. The lowest BCUT2D eigenvalue weighted by atomic mass is 10.1. The average Bonchev–Trinajstić information content (AvgIpc) is 3.00. The minimum absolute atomic E-state index is 0.0279. The molecule has 10 nitrogen and oxygen atoms in total. The number of hydrogen-bond donors (Lipinski definition) is 2. The standard InChI is InChI=1S/C19H22N6O4/c1-4-8-23-17(28)13-7-6-12(16(27)21-11(3)5-2)9-14(13)25-18(23)22-24(19(25)29)10-15(20)26/h4,6-7,9,11H,1,5,8,10H2,2-3H3,(H2,20,26)(H,21,27)/t11-/m1/s1. The molecule has 3 N–H and O–H groups in total. The van der Waals surface area contributed by atoms with E-state index in [1.807, 2.05) is 13.8 Å². The number of carbonyl (C=O) groups excluding carboxylic acids is 2. The van der Waals surface area contributed by atoms with Gasteiger partial charge in [-0.15, -0.1) is 11.7 Å². The molecule has 2 amide bonds. The van der Waals surface area contributed by atoms with Gasteiger partial charge < -0.3 is 11.1 Å². The molecule has 152 valence electrons. The van der Waals surface area contributed by atoms with Crippen molar-refractivity contribution in [2.45, 2.75) is 39.4 Å². The van der Waals surface area contributed by atoms with Crippen molar-refractivity contribution in [3.63, 3.8) is 0 Å². The molecule has 0 radical (unpaired) electrons. The lowest BCUT2D eigenvalue weighted by Crippen LogP contribution is -2.32. The van der Waals surface area contributed by atoms with Gasteiger partial charge in [0.2, 0.25) is 11.7 Å². The lowest BCUT2D eigenvalue weighted by Gasteiger charge is -2.12. The fraction of sp³-hybridized carbons (Fsp3) is 0.316. The van der Waals surface area contributed by atoms with Crippen molar-refractivity contribution < 1.29 is 9.59 Å². The molecule has 10 heteroatoms. The molecule has 0 aliphatic carbocycles. The summed E-state index contributed by atoms with van der Waals surface area (Å²) in [6.07, 6.45) is 2.26. The summed E-state index contributed by atoms with van der Waals surface area (Å²) in [4.78, 5) is 49.6. The summed E-state index contributed by atoms with van der Waals surface area (Å²) in [5.41, 5.74) is 4.69. The highest BCUT2D eigenvalue weighted by molar-refractivity contribution is 5.98. The van der Waals surface area contributed by atoms with E-state index in [1.54, 1.807) is 0 Å². The number of aromatic nitrogens is 4. The van der Waals surface area contributed by atoms with E-state index < -0.39 is 23.7 Å². The second-order valence-corrected chi connectivity index (χ2v) is 6.76. The Labute approximate surface area is 165 Å². The van der Waals surface area contributed by atoms with E-state index in [-0.39, 0.29) is 35.2 Å². The van der Waals surface area contributed by atoms with E-state index in [9.17, 15) is 19.2 Å². The number of hydrogen-bond acceptors (Lipinski definition) is 5. The Bertz CT molecular complexity index is 1250. The molecule has 1 atom stereocenters. The molecule has 0 aliphatic heterocycles. The summed E-state index contributed by atoms with van der Waals surface area (Å²) < 4.78 is 3.36. The molecule has 0 unspecified atom stereocenters. The normalized spacial score (nSPS) is 12.2. The molecule has 3 aromatic rings. The van der Waals surface area contributed by atoms with Gasteiger partial charge in [-0.3, -0.25) is 19.0 Å². The van der Waals surface area contributed by atoms with Crippen LogP contribution in [0.4, 0.5) is 0 Å². The number of carbonyl (C=O) groups is 2. The van der Waals surface area contributed by atoms with E-state index in [0.717, 1.165) is 11.1 Å². The smallest absolute Gasteiger partial charge is 0.352 e. The van der Waals surface area contributed by atoms with Gasteiger partial charge in [0.05, 0.1) is 10.9 Å². The summed E-state index contributed by atoms with van der Waals surface area (Å²) in [7, 11) is 0. The van der Waals surface area contributed by atoms with Crippen LogP contribution in [0.15, 0.2) is 40.4 Å². The summed E-state index contributed by atoms with van der Waals surface area (Å²) in [6.45, 7) is 7.13. The fourth-order valence-corrected chi connectivity index (χ4v) is 3.01. The Balaban J connectivity index is 2.34. The van der Waals surface area contributed by atoms with Crippen LogP contribution >= 0.6 is 0 Å². The molecule has 29 heavy (non-hydrogen) atoms. The maximum absolute atomic E-state index is 12.9. The van der Waals surface area contributed by atoms with Crippen molar-refractivity contribution in [3.8, 4) is 0 Å². The zero-order chi connectivity index (χ0) is 21.3. The topological polar surface area (TPSA) is 133 Å². The largest absolute Gasteiger partial charge is 0.368 e. The van der Waals surface area contributed by atoms with E-state index in [2.05, 4.69) is 17.0 Å². The van der Waals surface area contributed by atoms with Crippen LogP contribution in [-0.4, -0.2) is 36.6 Å². The number of primary amides is 1. The molecule has 0 saturated carbocycles. The number of nitrogens with two attached hydrogens (primary N) is 1. The van der Waals surface area contributed by atoms with Crippen molar-refractivity contribution in [3.05, 3.63) is 57.3 Å². The summed E-state index contributed by atoms with van der Waals surface area (Å²) in [5.74, 6) is -1.03. The third-order valence-corrected chi connectivity index (χ3v) is 4.65. The number of benzene rings is 1. The second-order valence-electron chi connectivity index (χ2n) is 6.76. The van der Waals surface area contributed by atoms with Gasteiger partial charge in [-0.05, 0) is 31.5 Å². The van der Waals surface area contributed by atoms with Crippen molar-refractivity contribution in [1.82, 2.24) is 24.1 Å². The number of nitrogens with zero attached hydrogens (tertiary/aromatic N) is 4. The van der Waals surface area contributed by atoms with Gasteiger partial charge in [0, 0.05) is 18.2 Å². The van der Waals surface area contributed by atoms with E-state index in [1.165, 1.54) is 33.2 Å². The Morgan fingerprint density at radius 3 is 2.69 bits per heavy atom. The first-order valence-electron chi connectivity index (χ1n) is 9.14. The number of fused-ring (bicyclic) bond motifs is 3. The van der Waals surface area contributed by atoms with Crippen LogP contribution in [0, 0.1) is 0 Å². The van der Waals surface area contributed by atoms with Gasteiger partial charge in [0.15, 0.2) is 0 Å². The number of nitrogens with one attached hydrogen (secondary N) is 1. The average molecular weight is 398 g/mol. The third kappa shape index (κ3) is 3.56.